The topological polar surface area (TPSA) is 3.24 Å². The summed E-state index contributed by atoms with van der Waals surface area (Å²) in [5.41, 5.74) is 13.0. The highest BCUT2D eigenvalue weighted by atomic mass is 32.1. The van der Waals surface area contributed by atoms with E-state index in [-0.39, 0.29) is 0 Å². The van der Waals surface area contributed by atoms with Gasteiger partial charge in [0.1, 0.15) is 0 Å². The zero-order valence-corrected chi connectivity index (χ0v) is 30.4. The van der Waals surface area contributed by atoms with Crippen molar-refractivity contribution in [2.75, 3.05) is 4.90 Å². The number of benzene rings is 9. The van der Waals surface area contributed by atoms with Crippen molar-refractivity contribution in [2.45, 2.75) is 0 Å². The Kier molecular flexibility index (Phi) is 8.09. The highest BCUT2D eigenvalue weighted by Gasteiger charge is 2.24. The Morgan fingerprint density at radius 1 is 0.278 bits per heavy atom. The van der Waals surface area contributed by atoms with Crippen LogP contribution in [0.5, 0.6) is 0 Å². The van der Waals surface area contributed by atoms with Gasteiger partial charge in [-0.15, -0.1) is 11.3 Å². The van der Waals surface area contributed by atoms with Gasteiger partial charge in [-0.3, -0.25) is 0 Å². The van der Waals surface area contributed by atoms with Gasteiger partial charge in [0.25, 0.3) is 0 Å². The summed E-state index contributed by atoms with van der Waals surface area (Å²) in [5.74, 6) is 0. The van der Waals surface area contributed by atoms with Crippen LogP contribution in [0.3, 0.4) is 0 Å². The smallest absolute Gasteiger partial charge is 0.0555 e. The van der Waals surface area contributed by atoms with Crippen molar-refractivity contribution in [1.29, 1.82) is 0 Å². The van der Waals surface area contributed by atoms with Gasteiger partial charge in [0.05, 0.1) is 17.1 Å². The van der Waals surface area contributed by atoms with E-state index >= 15 is 0 Å². The summed E-state index contributed by atoms with van der Waals surface area (Å²) in [5, 5.41) is 5.02. The van der Waals surface area contributed by atoms with Gasteiger partial charge >= 0.3 is 0 Å². The number of fused-ring (bicyclic) bond motifs is 4. The molecule has 254 valence electrons. The Morgan fingerprint density at radius 2 is 0.759 bits per heavy atom. The second-order valence-corrected chi connectivity index (χ2v) is 14.7. The number of para-hydroxylation sites is 2. The normalized spacial score (nSPS) is 11.3. The predicted molar refractivity (Wildman–Crippen MR) is 233 cm³/mol. The van der Waals surface area contributed by atoms with Crippen LogP contribution in [0.15, 0.2) is 212 Å². The molecule has 54 heavy (non-hydrogen) atoms. The van der Waals surface area contributed by atoms with Crippen molar-refractivity contribution >= 4 is 59.3 Å². The van der Waals surface area contributed by atoms with E-state index in [9.17, 15) is 0 Å². The van der Waals surface area contributed by atoms with Gasteiger partial charge in [0.15, 0.2) is 0 Å². The van der Waals surface area contributed by atoms with Crippen molar-refractivity contribution in [1.82, 2.24) is 0 Å². The minimum atomic E-state index is 1.13. The molecule has 0 radical (unpaired) electrons. The first-order valence-electron chi connectivity index (χ1n) is 18.4. The molecule has 10 aromatic rings. The van der Waals surface area contributed by atoms with Crippen LogP contribution in [0, 0.1) is 0 Å². The number of anilines is 3. The van der Waals surface area contributed by atoms with E-state index in [4.69, 9.17) is 0 Å². The molecular formula is C52H35NS. The molecule has 0 saturated carbocycles. The Labute approximate surface area is 319 Å². The average Bonchev–Trinajstić information content (AvgIpc) is 3.64. The van der Waals surface area contributed by atoms with E-state index < -0.39 is 0 Å². The Hall–Kier alpha value is -6.74. The first-order chi connectivity index (χ1) is 26.8. The number of rotatable bonds is 7. The molecule has 0 saturated heterocycles. The lowest BCUT2D eigenvalue weighted by atomic mass is 9.90. The van der Waals surface area contributed by atoms with Crippen LogP contribution in [0.4, 0.5) is 17.1 Å². The SMILES string of the molecule is c1ccc(-c2ccc(-c3ccccc3N(c3ccccc3-c3cccc4cccc(-c5ccccc5)c34)c3cccc4sc5ccccc5c34)cc2)cc1. The van der Waals surface area contributed by atoms with E-state index in [0.29, 0.717) is 0 Å². The van der Waals surface area contributed by atoms with Crippen molar-refractivity contribution < 1.29 is 0 Å². The maximum Gasteiger partial charge on any atom is 0.0555 e. The number of hydrogen-bond donors (Lipinski definition) is 0. The summed E-state index contributed by atoms with van der Waals surface area (Å²) < 4.78 is 2.57. The lowest BCUT2D eigenvalue weighted by Crippen LogP contribution is -2.13. The Balaban J connectivity index is 1.25. The number of thiophene rings is 1. The minimum absolute atomic E-state index is 1.13. The maximum atomic E-state index is 2.52. The first-order valence-corrected chi connectivity index (χ1v) is 19.3. The fraction of sp³-hybridized carbons (Fsp3) is 0. The van der Waals surface area contributed by atoms with Crippen molar-refractivity contribution in [3.05, 3.63) is 212 Å². The van der Waals surface area contributed by atoms with Crippen LogP contribution < -0.4 is 4.90 Å². The van der Waals surface area contributed by atoms with E-state index in [1.54, 1.807) is 0 Å². The van der Waals surface area contributed by atoms with Crippen LogP contribution >= 0.6 is 11.3 Å². The summed E-state index contributed by atoms with van der Waals surface area (Å²) in [6.07, 6.45) is 0. The molecule has 0 fully saturated rings. The molecular weight excluding hydrogens is 671 g/mol. The van der Waals surface area contributed by atoms with E-state index in [1.807, 2.05) is 11.3 Å². The fourth-order valence-electron chi connectivity index (χ4n) is 8.04. The summed E-state index contributed by atoms with van der Waals surface area (Å²) in [6.45, 7) is 0. The largest absolute Gasteiger partial charge is 0.309 e. The molecule has 1 nitrogen and oxygen atoms in total. The summed E-state index contributed by atoms with van der Waals surface area (Å²) in [7, 11) is 0. The Morgan fingerprint density at radius 3 is 1.52 bits per heavy atom. The predicted octanol–water partition coefficient (Wildman–Crippen LogP) is 15.3. The van der Waals surface area contributed by atoms with Crippen LogP contribution in [0.1, 0.15) is 0 Å². The molecule has 0 aliphatic carbocycles. The van der Waals surface area contributed by atoms with Crippen LogP contribution in [0.2, 0.25) is 0 Å². The van der Waals surface area contributed by atoms with Gasteiger partial charge < -0.3 is 4.90 Å². The molecule has 0 spiro atoms. The lowest BCUT2D eigenvalue weighted by molar-refractivity contribution is 1.30. The molecule has 0 N–H and O–H groups in total. The van der Waals surface area contributed by atoms with Gasteiger partial charge in [0.2, 0.25) is 0 Å². The van der Waals surface area contributed by atoms with Gasteiger partial charge in [0, 0.05) is 31.3 Å². The second-order valence-electron chi connectivity index (χ2n) is 13.6. The molecule has 1 heterocycles. The summed E-state index contributed by atoms with van der Waals surface area (Å²) >= 11 is 1.86. The molecule has 0 unspecified atom stereocenters. The first kappa shape index (κ1) is 32.0. The van der Waals surface area contributed by atoms with Crippen LogP contribution in [-0.2, 0) is 0 Å². The molecule has 1 aromatic heterocycles. The highest BCUT2D eigenvalue weighted by Crippen LogP contribution is 2.50. The third kappa shape index (κ3) is 5.56. The minimum Gasteiger partial charge on any atom is -0.309 e. The monoisotopic (exact) mass is 705 g/mol. The molecule has 0 bridgehead atoms. The fourth-order valence-corrected chi connectivity index (χ4v) is 9.16. The standard InChI is InChI=1S/C52H35NS/c1-3-16-36(17-4-1)37-32-34-39(35-33-37)41-22-7-10-27-46(41)53(48-29-15-31-50-52(48)45-24-9-12-30-49(45)54-50)47-28-11-8-23-43(47)44-26-14-21-40-20-13-25-42(51(40)44)38-18-5-2-6-19-38/h1-35H. The summed E-state index contributed by atoms with van der Waals surface area (Å²) in [6, 6.07) is 77.2. The third-order valence-corrected chi connectivity index (χ3v) is 11.6. The zero-order chi connectivity index (χ0) is 35.8. The van der Waals surface area contributed by atoms with Crippen LogP contribution in [0.25, 0.3) is 75.5 Å². The third-order valence-electron chi connectivity index (χ3n) is 10.5. The second kappa shape index (κ2) is 13.7. The number of hydrogen-bond acceptors (Lipinski definition) is 2. The van der Waals surface area contributed by atoms with Gasteiger partial charge in [-0.25, -0.2) is 0 Å². The molecule has 9 aromatic carbocycles. The summed E-state index contributed by atoms with van der Waals surface area (Å²) in [4.78, 5) is 2.52. The zero-order valence-electron chi connectivity index (χ0n) is 29.6. The number of nitrogens with zero attached hydrogens (tertiary/aromatic N) is 1. The van der Waals surface area contributed by atoms with E-state index in [0.717, 1.165) is 17.1 Å². The van der Waals surface area contributed by atoms with Crippen molar-refractivity contribution in [3.63, 3.8) is 0 Å². The molecule has 2 heteroatoms. The van der Waals surface area contributed by atoms with E-state index in [1.165, 1.54) is 75.5 Å². The van der Waals surface area contributed by atoms with Crippen LogP contribution in [-0.4, -0.2) is 0 Å². The highest BCUT2D eigenvalue weighted by molar-refractivity contribution is 7.26. The Bertz CT molecular complexity index is 2920. The molecule has 0 amide bonds. The molecule has 0 aliphatic rings. The van der Waals surface area contributed by atoms with Gasteiger partial charge in [-0.2, -0.15) is 0 Å². The van der Waals surface area contributed by atoms with Crippen molar-refractivity contribution in [3.8, 4) is 44.5 Å². The lowest BCUT2D eigenvalue weighted by Gasteiger charge is -2.31. The molecule has 0 aliphatic heterocycles. The average molecular weight is 706 g/mol. The maximum absolute atomic E-state index is 2.52. The molecule has 10 rings (SSSR count). The van der Waals surface area contributed by atoms with Crippen molar-refractivity contribution in [2.24, 2.45) is 0 Å². The quantitative estimate of drug-likeness (QED) is 0.160. The van der Waals surface area contributed by atoms with E-state index in [2.05, 4.69) is 217 Å². The van der Waals surface area contributed by atoms with Gasteiger partial charge in [-0.1, -0.05) is 182 Å². The molecule has 0 atom stereocenters. The van der Waals surface area contributed by atoms with Gasteiger partial charge in [-0.05, 0) is 74.5 Å².